The molecule has 4 heteroatoms. The van der Waals surface area contributed by atoms with Gasteiger partial charge in [0.05, 0.1) is 19.3 Å². The van der Waals surface area contributed by atoms with Crippen LogP contribution in [-0.4, -0.2) is 31.7 Å². The molecule has 0 fully saturated rings. The van der Waals surface area contributed by atoms with Gasteiger partial charge in [-0.1, -0.05) is 25.8 Å². The van der Waals surface area contributed by atoms with E-state index in [1.54, 1.807) is 0 Å². The normalized spacial score (nSPS) is 12.1. The average molecular weight is 256 g/mol. The fraction of sp³-hybridized carbons (Fsp3) is 0.786. The largest absolute Gasteiger partial charge is 0.376 e. The van der Waals surface area contributed by atoms with Crippen LogP contribution in [0.25, 0.3) is 0 Å². The Morgan fingerprint density at radius 1 is 1.44 bits per heavy atom. The molecule has 106 valence electrons. The van der Waals surface area contributed by atoms with E-state index >= 15 is 0 Å². The minimum atomic E-state index is -0.129. The van der Waals surface area contributed by atoms with Crippen LogP contribution in [0.4, 0.5) is 0 Å². The first-order valence-corrected chi connectivity index (χ1v) is 6.93. The molecule has 0 spiro atoms. The molecule has 1 atom stereocenters. The molecule has 0 aliphatic carbocycles. The van der Waals surface area contributed by atoms with Gasteiger partial charge in [-0.25, -0.2) is 0 Å². The second-order valence-electron chi connectivity index (χ2n) is 4.38. The number of ether oxygens (including phenoxy) is 1. The molecule has 0 aliphatic rings. The van der Waals surface area contributed by atoms with Crippen LogP contribution in [-0.2, 0) is 9.53 Å². The lowest BCUT2D eigenvalue weighted by Crippen LogP contribution is -2.33. The van der Waals surface area contributed by atoms with Crippen LogP contribution in [0.3, 0.4) is 0 Å². The van der Waals surface area contributed by atoms with Crippen molar-refractivity contribution in [3.63, 3.8) is 0 Å². The lowest BCUT2D eigenvalue weighted by atomic mass is 10.1. The SMILES string of the molecule is C=CCCCCCC(CC)OCCNC(=O)CN. The van der Waals surface area contributed by atoms with E-state index in [1.165, 1.54) is 19.3 Å². The van der Waals surface area contributed by atoms with E-state index in [0.717, 1.165) is 19.3 Å². The first kappa shape index (κ1) is 17.1. The number of hydrogen-bond donors (Lipinski definition) is 2. The van der Waals surface area contributed by atoms with Crippen molar-refractivity contribution in [2.24, 2.45) is 5.73 Å². The van der Waals surface area contributed by atoms with Crippen LogP contribution in [0.5, 0.6) is 0 Å². The Labute approximate surface area is 111 Å². The lowest BCUT2D eigenvalue weighted by molar-refractivity contribution is -0.120. The van der Waals surface area contributed by atoms with Crippen molar-refractivity contribution < 1.29 is 9.53 Å². The number of hydrogen-bond acceptors (Lipinski definition) is 3. The molecule has 3 N–H and O–H groups in total. The van der Waals surface area contributed by atoms with Crippen LogP contribution in [0.2, 0.25) is 0 Å². The molecule has 18 heavy (non-hydrogen) atoms. The van der Waals surface area contributed by atoms with Gasteiger partial charge in [0.1, 0.15) is 0 Å². The molecule has 0 radical (unpaired) electrons. The smallest absolute Gasteiger partial charge is 0.233 e. The maximum Gasteiger partial charge on any atom is 0.233 e. The third-order valence-electron chi connectivity index (χ3n) is 2.85. The number of carbonyl (C=O) groups excluding carboxylic acids is 1. The second kappa shape index (κ2) is 12.6. The van der Waals surface area contributed by atoms with Gasteiger partial charge in [-0.15, -0.1) is 6.58 Å². The first-order chi connectivity index (χ1) is 8.74. The average Bonchev–Trinajstić information content (AvgIpc) is 2.40. The van der Waals surface area contributed by atoms with E-state index in [4.69, 9.17) is 10.5 Å². The van der Waals surface area contributed by atoms with E-state index in [9.17, 15) is 4.79 Å². The Hall–Kier alpha value is -0.870. The van der Waals surface area contributed by atoms with Crippen LogP contribution in [0.15, 0.2) is 12.7 Å². The van der Waals surface area contributed by atoms with Crippen molar-refractivity contribution in [3.05, 3.63) is 12.7 Å². The molecule has 0 aliphatic heterocycles. The van der Waals surface area contributed by atoms with Gasteiger partial charge < -0.3 is 15.8 Å². The van der Waals surface area contributed by atoms with Crippen molar-refractivity contribution in [2.45, 2.75) is 51.6 Å². The summed E-state index contributed by atoms with van der Waals surface area (Å²) in [4.78, 5) is 10.9. The third kappa shape index (κ3) is 10.3. The highest BCUT2D eigenvalue weighted by Crippen LogP contribution is 2.11. The molecule has 0 aromatic carbocycles. The molecular weight excluding hydrogens is 228 g/mol. The number of allylic oxidation sites excluding steroid dienone is 1. The number of unbranched alkanes of at least 4 members (excludes halogenated alkanes) is 3. The van der Waals surface area contributed by atoms with Gasteiger partial charge >= 0.3 is 0 Å². The minimum Gasteiger partial charge on any atom is -0.376 e. The standard InChI is InChI=1S/C14H28N2O2/c1-3-5-6-7-8-9-13(4-2)18-11-10-16-14(17)12-15/h3,13H,1,4-12,15H2,2H3,(H,16,17). The third-order valence-corrected chi connectivity index (χ3v) is 2.85. The molecule has 0 bridgehead atoms. The van der Waals surface area contributed by atoms with Crippen LogP contribution in [0, 0.1) is 0 Å². The van der Waals surface area contributed by atoms with Gasteiger partial charge in [-0.3, -0.25) is 4.79 Å². The highest BCUT2D eigenvalue weighted by atomic mass is 16.5. The number of rotatable bonds is 12. The summed E-state index contributed by atoms with van der Waals surface area (Å²) in [6.07, 6.45) is 9.13. The summed E-state index contributed by atoms with van der Waals surface area (Å²) in [6, 6.07) is 0. The fourth-order valence-corrected chi connectivity index (χ4v) is 1.73. The molecule has 1 amide bonds. The molecule has 0 aromatic heterocycles. The van der Waals surface area contributed by atoms with Gasteiger partial charge in [0.25, 0.3) is 0 Å². The number of nitrogens with one attached hydrogen (secondary N) is 1. The van der Waals surface area contributed by atoms with Crippen molar-refractivity contribution in [1.29, 1.82) is 0 Å². The predicted octanol–water partition coefficient (Wildman–Crippen LogP) is 1.99. The van der Waals surface area contributed by atoms with Crippen LogP contribution < -0.4 is 11.1 Å². The van der Waals surface area contributed by atoms with Gasteiger partial charge in [0.2, 0.25) is 5.91 Å². The maximum atomic E-state index is 10.9. The molecule has 1 unspecified atom stereocenters. The predicted molar refractivity (Wildman–Crippen MR) is 75.4 cm³/mol. The number of nitrogens with two attached hydrogens (primary N) is 1. The van der Waals surface area contributed by atoms with Crippen molar-refractivity contribution >= 4 is 5.91 Å². The zero-order valence-electron chi connectivity index (χ0n) is 11.6. The summed E-state index contributed by atoms with van der Waals surface area (Å²) in [5.41, 5.74) is 5.19. The molecule has 4 nitrogen and oxygen atoms in total. The fourth-order valence-electron chi connectivity index (χ4n) is 1.73. The summed E-state index contributed by atoms with van der Waals surface area (Å²) in [5, 5.41) is 2.70. The Morgan fingerprint density at radius 2 is 2.22 bits per heavy atom. The van der Waals surface area contributed by atoms with E-state index in [0.29, 0.717) is 19.3 Å². The monoisotopic (exact) mass is 256 g/mol. The Morgan fingerprint density at radius 3 is 2.83 bits per heavy atom. The van der Waals surface area contributed by atoms with Gasteiger partial charge in [-0.05, 0) is 25.7 Å². The van der Waals surface area contributed by atoms with Gasteiger partial charge in [0.15, 0.2) is 0 Å². The van der Waals surface area contributed by atoms with Gasteiger partial charge in [0, 0.05) is 6.54 Å². The zero-order valence-corrected chi connectivity index (χ0v) is 11.6. The summed E-state index contributed by atoms with van der Waals surface area (Å²) >= 11 is 0. The first-order valence-electron chi connectivity index (χ1n) is 6.93. The van der Waals surface area contributed by atoms with Gasteiger partial charge in [-0.2, -0.15) is 0 Å². The summed E-state index contributed by atoms with van der Waals surface area (Å²) in [7, 11) is 0. The topological polar surface area (TPSA) is 64.3 Å². The molecule has 0 saturated carbocycles. The molecule has 0 heterocycles. The highest BCUT2D eigenvalue weighted by molar-refractivity contribution is 5.77. The zero-order chi connectivity index (χ0) is 13.6. The van der Waals surface area contributed by atoms with Crippen LogP contribution in [0.1, 0.15) is 45.4 Å². The summed E-state index contributed by atoms with van der Waals surface area (Å²) < 4.78 is 5.72. The van der Waals surface area contributed by atoms with E-state index in [2.05, 4.69) is 18.8 Å². The second-order valence-corrected chi connectivity index (χ2v) is 4.38. The maximum absolute atomic E-state index is 10.9. The Kier molecular flexibility index (Phi) is 12.0. The molecular formula is C14H28N2O2. The van der Waals surface area contributed by atoms with Crippen LogP contribution >= 0.6 is 0 Å². The molecule has 0 aromatic rings. The summed E-state index contributed by atoms with van der Waals surface area (Å²) in [5.74, 6) is -0.129. The van der Waals surface area contributed by atoms with Crippen molar-refractivity contribution in [2.75, 3.05) is 19.7 Å². The Balaban J connectivity index is 3.46. The van der Waals surface area contributed by atoms with Crippen molar-refractivity contribution in [1.82, 2.24) is 5.32 Å². The van der Waals surface area contributed by atoms with E-state index in [1.807, 2.05) is 6.08 Å². The number of carbonyl (C=O) groups is 1. The lowest BCUT2D eigenvalue weighted by Gasteiger charge is -2.16. The minimum absolute atomic E-state index is 0.0422. The van der Waals surface area contributed by atoms with E-state index in [-0.39, 0.29) is 12.5 Å². The highest BCUT2D eigenvalue weighted by Gasteiger charge is 2.06. The molecule has 0 rings (SSSR count). The molecule has 0 saturated heterocycles. The van der Waals surface area contributed by atoms with Crippen molar-refractivity contribution in [3.8, 4) is 0 Å². The summed E-state index contributed by atoms with van der Waals surface area (Å²) in [6.45, 7) is 7.00. The Bertz CT molecular complexity index is 220. The quantitative estimate of drug-likeness (QED) is 0.414. The van der Waals surface area contributed by atoms with E-state index < -0.39 is 0 Å². The number of amides is 1.